The lowest BCUT2D eigenvalue weighted by Gasteiger charge is -2.21. The lowest BCUT2D eigenvalue weighted by molar-refractivity contribution is 0.336. The van der Waals surface area contributed by atoms with E-state index in [-0.39, 0.29) is 0 Å². The predicted molar refractivity (Wildman–Crippen MR) is 55.1 cm³/mol. The van der Waals surface area contributed by atoms with E-state index in [0.29, 0.717) is 5.41 Å². The molecular weight excluding hydrogens is 154 g/mol. The molecule has 0 aliphatic carbocycles. The minimum absolute atomic E-state index is 0.360. The molecule has 0 aromatic heterocycles. The summed E-state index contributed by atoms with van der Waals surface area (Å²) in [6, 6.07) is 0. The van der Waals surface area contributed by atoms with E-state index >= 15 is 0 Å². The molecule has 0 fully saturated rings. The molecule has 0 rings (SSSR count). The average molecular weight is 175 g/mol. The summed E-state index contributed by atoms with van der Waals surface area (Å²) in [5.74, 6) is 1.29. The van der Waals surface area contributed by atoms with E-state index in [1.807, 2.05) is 11.8 Å². The van der Waals surface area contributed by atoms with Gasteiger partial charge in [-0.3, -0.25) is 0 Å². The second-order valence-corrected chi connectivity index (χ2v) is 4.80. The second-order valence-electron chi connectivity index (χ2n) is 3.82. The highest BCUT2D eigenvalue weighted by Gasteiger charge is 2.13. The van der Waals surface area contributed by atoms with Gasteiger partial charge in [0.15, 0.2) is 0 Å². The van der Waals surface area contributed by atoms with Gasteiger partial charge in [-0.05, 0) is 36.8 Å². The molecule has 0 aliphatic rings. The fourth-order valence-electron chi connectivity index (χ4n) is 0.952. The Hall–Kier alpha value is 0.310. The average Bonchev–Trinajstić information content (AvgIpc) is 1.99. The zero-order valence-corrected chi connectivity index (χ0v) is 8.84. The SMILES string of the molecule is CSCCCCC(C)(C)CN. The Labute approximate surface area is 75.1 Å². The van der Waals surface area contributed by atoms with E-state index in [4.69, 9.17) is 5.73 Å². The van der Waals surface area contributed by atoms with Crippen molar-refractivity contribution in [2.45, 2.75) is 33.1 Å². The molecule has 68 valence electrons. The highest BCUT2D eigenvalue weighted by Crippen LogP contribution is 2.21. The van der Waals surface area contributed by atoms with Crippen molar-refractivity contribution in [2.75, 3.05) is 18.6 Å². The van der Waals surface area contributed by atoms with Crippen molar-refractivity contribution in [3.63, 3.8) is 0 Å². The molecule has 2 N–H and O–H groups in total. The molecule has 0 bridgehead atoms. The maximum Gasteiger partial charge on any atom is -0.00258 e. The number of unbranched alkanes of at least 4 members (excludes halogenated alkanes) is 1. The van der Waals surface area contributed by atoms with E-state index in [0.717, 1.165) is 6.54 Å². The Morgan fingerprint density at radius 2 is 1.91 bits per heavy atom. The Kier molecular flexibility index (Phi) is 6.06. The molecular formula is C9H21NS. The number of hydrogen-bond donors (Lipinski definition) is 1. The summed E-state index contributed by atoms with van der Waals surface area (Å²) in [6.07, 6.45) is 6.09. The van der Waals surface area contributed by atoms with Crippen molar-refractivity contribution in [3.8, 4) is 0 Å². The molecule has 0 aromatic carbocycles. The lowest BCUT2D eigenvalue weighted by Crippen LogP contribution is -2.23. The van der Waals surface area contributed by atoms with Gasteiger partial charge in [0.1, 0.15) is 0 Å². The third-order valence-electron chi connectivity index (χ3n) is 2.00. The monoisotopic (exact) mass is 175 g/mol. The second kappa shape index (κ2) is 5.90. The van der Waals surface area contributed by atoms with Crippen molar-refractivity contribution in [1.29, 1.82) is 0 Å². The van der Waals surface area contributed by atoms with Gasteiger partial charge in [0.05, 0.1) is 0 Å². The normalized spacial score (nSPS) is 12.0. The fourth-order valence-corrected chi connectivity index (χ4v) is 1.44. The van der Waals surface area contributed by atoms with Crippen LogP contribution >= 0.6 is 11.8 Å². The Morgan fingerprint density at radius 3 is 2.36 bits per heavy atom. The minimum Gasteiger partial charge on any atom is -0.330 e. The van der Waals surface area contributed by atoms with Gasteiger partial charge in [-0.15, -0.1) is 0 Å². The first-order valence-electron chi connectivity index (χ1n) is 4.31. The van der Waals surface area contributed by atoms with Gasteiger partial charge in [0.2, 0.25) is 0 Å². The Balaban J connectivity index is 3.23. The Morgan fingerprint density at radius 1 is 1.27 bits per heavy atom. The van der Waals surface area contributed by atoms with Crippen LogP contribution in [0.2, 0.25) is 0 Å². The van der Waals surface area contributed by atoms with Gasteiger partial charge in [-0.25, -0.2) is 0 Å². The summed E-state index contributed by atoms with van der Waals surface area (Å²) in [5.41, 5.74) is 5.98. The maximum absolute atomic E-state index is 5.62. The summed E-state index contributed by atoms with van der Waals surface area (Å²) >= 11 is 1.93. The number of nitrogens with two attached hydrogens (primary N) is 1. The zero-order chi connectivity index (χ0) is 8.74. The largest absolute Gasteiger partial charge is 0.330 e. The van der Waals surface area contributed by atoms with E-state index in [2.05, 4.69) is 20.1 Å². The molecule has 0 saturated carbocycles. The molecule has 2 heteroatoms. The predicted octanol–water partition coefficient (Wildman–Crippen LogP) is 2.50. The van der Waals surface area contributed by atoms with Crippen LogP contribution in [0.4, 0.5) is 0 Å². The topological polar surface area (TPSA) is 26.0 Å². The van der Waals surface area contributed by atoms with Crippen LogP contribution in [0.1, 0.15) is 33.1 Å². The number of hydrogen-bond acceptors (Lipinski definition) is 2. The quantitative estimate of drug-likeness (QED) is 0.628. The van der Waals surface area contributed by atoms with Crippen molar-refractivity contribution >= 4 is 11.8 Å². The third-order valence-corrected chi connectivity index (χ3v) is 2.70. The third kappa shape index (κ3) is 6.70. The first-order valence-corrected chi connectivity index (χ1v) is 5.71. The summed E-state index contributed by atoms with van der Waals surface area (Å²) in [4.78, 5) is 0. The first kappa shape index (κ1) is 11.3. The standard InChI is InChI=1S/C9H21NS/c1-9(2,8-10)6-4-5-7-11-3/h4-8,10H2,1-3H3. The van der Waals surface area contributed by atoms with E-state index in [1.54, 1.807) is 0 Å². The molecule has 0 spiro atoms. The van der Waals surface area contributed by atoms with Crippen LogP contribution in [0.25, 0.3) is 0 Å². The highest BCUT2D eigenvalue weighted by molar-refractivity contribution is 7.98. The highest BCUT2D eigenvalue weighted by atomic mass is 32.2. The summed E-state index contributed by atoms with van der Waals surface area (Å²) in [6.45, 7) is 5.30. The van der Waals surface area contributed by atoms with Gasteiger partial charge >= 0.3 is 0 Å². The van der Waals surface area contributed by atoms with Gasteiger partial charge in [0, 0.05) is 0 Å². The molecule has 11 heavy (non-hydrogen) atoms. The first-order chi connectivity index (χ1) is 5.12. The molecule has 1 nitrogen and oxygen atoms in total. The number of thioether (sulfide) groups is 1. The van der Waals surface area contributed by atoms with Crippen LogP contribution in [0.3, 0.4) is 0 Å². The van der Waals surface area contributed by atoms with Crippen LogP contribution < -0.4 is 5.73 Å². The van der Waals surface area contributed by atoms with Crippen molar-refractivity contribution in [3.05, 3.63) is 0 Å². The molecule has 0 aromatic rings. The van der Waals surface area contributed by atoms with Crippen LogP contribution in [0, 0.1) is 5.41 Å². The van der Waals surface area contributed by atoms with E-state index < -0.39 is 0 Å². The molecule has 0 unspecified atom stereocenters. The van der Waals surface area contributed by atoms with Gasteiger partial charge in [-0.2, -0.15) is 11.8 Å². The van der Waals surface area contributed by atoms with Crippen LogP contribution in [-0.4, -0.2) is 18.6 Å². The maximum atomic E-state index is 5.62. The molecule has 0 aliphatic heterocycles. The summed E-state index contributed by atoms with van der Waals surface area (Å²) in [7, 11) is 0. The summed E-state index contributed by atoms with van der Waals surface area (Å²) in [5, 5.41) is 0. The molecule has 0 saturated heterocycles. The van der Waals surface area contributed by atoms with Crippen molar-refractivity contribution in [2.24, 2.45) is 11.1 Å². The zero-order valence-electron chi connectivity index (χ0n) is 8.02. The van der Waals surface area contributed by atoms with Crippen LogP contribution in [0.5, 0.6) is 0 Å². The van der Waals surface area contributed by atoms with Crippen LogP contribution in [-0.2, 0) is 0 Å². The van der Waals surface area contributed by atoms with E-state index in [1.165, 1.54) is 25.0 Å². The van der Waals surface area contributed by atoms with Crippen molar-refractivity contribution in [1.82, 2.24) is 0 Å². The number of rotatable bonds is 6. The molecule has 0 radical (unpaired) electrons. The van der Waals surface area contributed by atoms with Gasteiger partial charge in [-0.1, -0.05) is 20.3 Å². The van der Waals surface area contributed by atoms with E-state index in [9.17, 15) is 0 Å². The smallest absolute Gasteiger partial charge is 0.00258 e. The molecule has 0 heterocycles. The van der Waals surface area contributed by atoms with Crippen molar-refractivity contribution < 1.29 is 0 Å². The molecule has 0 amide bonds. The molecule has 0 atom stereocenters. The fraction of sp³-hybridized carbons (Fsp3) is 1.00. The van der Waals surface area contributed by atoms with Crippen LogP contribution in [0.15, 0.2) is 0 Å². The van der Waals surface area contributed by atoms with Gasteiger partial charge < -0.3 is 5.73 Å². The summed E-state index contributed by atoms with van der Waals surface area (Å²) < 4.78 is 0. The van der Waals surface area contributed by atoms with Gasteiger partial charge in [0.25, 0.3) is 0 Å². The minimum atomic E-state index is 0.360. The lowest BCUT2D eigenvalue weighted by atomic mass is 9.88. The Bertz CT molecular complexity index is 91.6.